The minimum Gasteiger partial charge on any atom is -0.465 e. The fourth-order valence-corrected chi connectivity index (χ4v) is 4.54. The molecule has 1 saturated carbocycles. The molecule has 2 saturated heterocycles. The summed E-state index contributed by atoms with van der Waals surface area (Å²) in [5, 5.41) is 9.98. The summed E-state index contributed by atoms with van der Waals surface area (Å²) in [6, 6.07) is 0.200. The van der Waals surface area contributed by atoms with Gasteiger partial charge in [-0.05, 0) is 39.5 Å². The monoisotopic (exact) mass is 297 g/mol. The van der Waals surface area contributed by atoms with Gasteiger partial charge in [0.1, 0.15) is 12.1 Å². The normalized spacial score (nSPS) is 42.1. The number of hydrogen-bond donors (Lipinski definition) is 1. The number of methoxy groups -OCH3 is 1. The fourth-order valence-electron chi connectivity index (χ4n) is 4.54. The standard InChI is InChI=1S/C15H24N2O4/c1-15(2,3)17(14(19)20)8-10-5-9-6-11(9)16(10)7-12(17)13(18)21-4/h9-12H,5-8H2,1-4H3/p+1/t9-,10+,11+,12-,17?/m0/s1. The second-order valence-corrected chi connectivity index (χ2v) is 7.69. The zero-order valence-corrected chi connectivity index (χ0v) is 13.2. The van der Waals surface area contributed by atoms with Crippen molar-refractivity contribution in [3.63, 3.8) is 0 Å². The minimum absolute atomic E-state index is 0.222. The minimum atomic E-state index is -0.918. The van der Waals surface area contributed by atoms with E-state index in [1.807, 2.05) is 20.8 Å². The van der Waals surface area contributed by atoms with Crippen LogP contribution in [0.1, 0.15) is 33.6 Å². The lowest BCUT2D eigenvalue weighted by Gasteiger charge is -2.53. The summed E-state index contributed by atoms with van der Waals surface area (Å²) in [6.45, 7) is 6.71. The van der Waals surface area contributed by atoms with E-state index in [1.54, 1.807) is 0 Å². The molecular weight excluding hydrogens is 272 g/mol. The lowest BCUT2D eigenvalue weighted by molar-refractivity contribution is -0.925. The number of quaternary nitrogens is 1. The predicted molar refractivity (Wildman–Crippen MR) is 75.7 cm³/mol. The summed E-state index contributed by atoms with van der Waals surface area (Å²) in [5.74, 6) is 0.303. The van der Waals surface area contributed by atoms with E-state index in [0.29, 0.717) is 25.0 Å². The van der Waals surface area contributed by atoms with Gasteiger partial charge < -0.3 is 9.84 Å². The summed E-state index contributed by atoms with van der Waals surface area (Å²) in [7, 11) is 1.34. The van der Waals surface area contributed by atoms with Crippen LogP contribution in [-0.4, -0.2) is 70.4 Å². The van der Waals surface area contributed by atoms with Crippen molar-refractivity contribution in [2.45, 2.75) is 57.3 Å². The van der Waals surface area contributed by atoms with Crippen molar-refractivity contribution in [1.29, 1.82) is 0 Å². The molecule has 21 heavy (non-hydrogen) atoms. The van der Waals surface area contributed by atoms with Gasteiger partial charge in [-0.15, -0.1) is 0 Å². The highest BCUT2D eigenvalue weighted by molar-refractivity contribution is 5.77. The molecule has 0 aromatic carbocycles. The molecule has 0 bridgehead atoms. The summed E-state index contributed by atoms with van der Waals surface area (Å²) in [6.07, 6.45) is 1.35. The van der Waals surface area contributed by atoms with Gasteiger partial charge in [-0.25, -0.2) is 9.28 Å². The van der Waals surface area contributed by atoms with Crippen molar-refractivity contribution < 1.29 is 23.9 Å². The SMILES string of the molecule is COC(=O)[C@@H]1CN2[C@H](C[C@H]3C[C@H]32)C[N+]1(C(=O)O)C(C)(C)C. The second kappa shape index (κ2) is 4.43. The van der Waals surface area contributed by atoms with E-state index in [0.717, 1.165) is 6.42 Å². The zero-order chi connectivity index (χ0) is 15.6. The Balaban J connectivity index is 2.02. The van der Waals surface area contributed by atoms with Crippen LogP contribution in [-0.2, 0) is 9.53 Å². The summed E-state index contributed by atoms with van der Waals surface area (Å²) in [4.78, 5) is 26.9. The number of esters is 1. The van der Waals surface area contributed by atoms with Crippen LogP contribution in [0.25, 0.3) is 0 Å². The first-order valence-electron chi connectivity index (χ1n) is 7.67. The smallest absolute Gasteiger partial charge is 0.465 e. The van der Waals surface area contributed by atoms with E-state index in [-0.39, 0.29) is 10.5 Å². The Morgan fingerprint density at radius 1 is 1.29 bits per heavy atom. The zero-order valence-electron chi connectivity index (χ0n) is 13.2. The van der Waals surface area contributed by atoms with Gasteiger partial charge in [0.05, 0.1) is 19.7 Å². The van der Waals surface area contributed by atoms with Gasteiger partial charge in [0.15, 0.2) is 0 Å². The Morgan fingerprint density at radius 3 is 2.48 bits per heavy atom. The third-order valence-corrected chi connectivity index (χ3v) is 5.78. The molecule has 6 heteroatoms. The molecule has 1 aliphatic carbocycles. The van der Waals surface area contributed by atoms with Crippen molar-refractivity contribution in [2.24, 2.45) is 5.92 Å². The highest BCUT2D eigenvalue weighted by Gasteiger charge is 2.66. The van der Waals surface area contributed by atoms with Crippen molar-refractivity contribution in [3.05, 3.63) is 0 Å². The highest BCUT2D eigenvalue weighted by atomic mass is 16.5. The average Bonchev–Trinajstić information content (AvgIpc) is 3.07. The highest BCUT2D eigenvalue weighted by Crippen LogP contribution is 2.51. The number of nitrogens with zero attached hydrogens (tertiary/aromatic N) is 2. The quantitative estimate of drug-likeness (QED) is 0.584. The van der Waals surface area contributed by atoms with Gasteiger partial charge in [0.25, 0.3) is 0 Å². The van der Waals surface area contributed by atoms with Crippen LogP contribution in [0.4, 0.5) is 4.79 Å². The number of fused-ring (bicyclic) bond motifs is 3. The van der Waals surface area contributed by atoms with Crippen molar-refractivity contribution in [3.8, 4) is 0 Å². The van der Waals surface area contributed by atoms with Gasteiger partial charge in [-0.1, -0.05) is 0 Å². The lowest BCUT2D eigenvalue weighted by Crippen LogP contribution is -2.78. The number of amides is 1. The number of piperazine rings is 1. The number of carbonyl (C=O) groups is 2. The van der Waals surface area contributed by atoms with Gasteiger partial charge in [0, 0.05) is 6.04 Å². The Bertz CT molecular complexity index is 487. The molecule has 3 rings (SSSR count). The van der Waals surface area contributed by atoms with E-state index in [9.17, 15) is 14.7 Å². The molecule has 3 aliphatic rings. The van der Waals surface area contributed by atoms with E-state index < -0.39 is 23.6 Å². The van der Waals surface area contributed by atoms with Gasteiger partial charge in [-0.2, -0.15) is 4.79 Å². The number of ether oxygens (including phenoxy) is 1. The third kappa shape index (κ3) is 1.92. The van der Waals surface area contributed by atoms with Crippen LogP contribution in [0, 0.1) is 5.92 Å². The molecule has 5 atom stereocenters. The molecule has 0 spiro atoms. The topological polar surface area (TPSA) is 66.8 Å². The van der Waals surface area contributed by atoms with Crippen molar-refractivity contribution in [1.82, 2.24) is 4.90 Å². The number of hydrogen-bond acceptors (Lipinski definition) is 4. The van der Waals surface area contributed by atoms with E-state index in [1.165, 1.54) is 13.5 Å². The molecule has 2 aliphatic heterocycles. The maximum absolute atomic E-state index is 12.3. The molecule has 2 heterocycles. The average molecular weight is 297 g/mol. The second-order valence-electron chi connectivity index (χ2n) is 7.69. The van der Waals surface area contributed by atoms with Crippen LogP contribution >= 0.6 is 0 Å². The number of carboxylic acid groups (broad SMARTS) is 1. The van der Waals surface area contributed by atoms with Crippen molar-refractivity contribution >= 4 is 12.1 Å². The van der Waals surface area contributed by atoms with Crippen LogP contribution in [0.3, 0.4) is 0 Å². The summed E-state index contributed by atoms with van der Waals surface area (Å²) in [5.41, 5.74) is -0.552. The number of rotatable bonds is 1. The van der Waals surface area contributed by atoms with Crippen LogP contribution < -0.4 is 0 Å². The summed E-state index contributed by atoms with van der Waals surface area (Å²) < 4.78 is 4.72. The van der Waals surface area contributed by atoms with Gasteiger partial charge in [-0.3, -0.25) is 4.90 Å². The van der Waals surface area contributed by atoms with E-state index in [2.05, 4.69) is 4.90 Å². The van der Waals surface area contributed by atoms with Crippen LogP contribution in [0.5, 0.6) is 0 Å². The number of piperidine rings is 1. The van der Waals surface area contributed by atoms with Gasteiger partial charge in [0.2, 0.25) is 6.04 Å². The molecule has 3 fully saturated rings. The predicted octanol–water partition coefficient (Wildman–Crippen LogP) is 1.30. The molecular formula is C15H25N2O4+. The Labute approximate surface area is 125 Å². The van der Waals surface area contributed by atoms with Gasteiger partial charge >= 0.3 is 12.1 Å². The molecule has 0 aromatic rings. The number of carbonyl (C=O) groups excluding carboxylic acids is 1. The van der Waals surface area contributed by atoms with E-state index in [4.69, 9.17) is 4.74 Å². The molecule has 0 radical (unpaired) electrons. The molecule has 6 nitrogen and oxygen atoms in total. The maximum Gasteiger partial charge on any atom is 0.514 e. The lowest BCUT2D eigenvalue weighted by atomic mass is 9.91. The summed E-state index contributed by atoms with van der Waals surface area (Å²) >= 11 is 0. The molecule has 0 aromatic heterocycles. The Morgan fingerprint density at radius 2 is 1.95 bits per heavy atom. The first-order valence-corrected chi connectivity index (χ1v) is 7.67. The third-order valence-electron chi connectivity index (χ3n) is 5.78. The van der Waals surface area contributed by atoms with Crippen LogP contribution in [0.2, 0.25) is 0 Å². The molecule has 1 unspecified atom stereocenters. The van der Waals surface area contributed by atoms with Crippen LogP contribution in [0.15, 0.2) is 0 Å². The fraction of sp³-hybridized carbons (Fsp3) is 0.867. The molecule has 1 amide bonds. The first kappa shape index (κ1) is 14.8. The molecule has 1 N–H and O–H groups in total. The maximum atomic E-state index is 12.3. The molecule has 118 valence electrons. The Hall–Kier alpha value is -1.14. The first-order chi connectivity index (χ1) is 9.72. The van der Waals surface area contributed by atoms with Crippen molar-refractivity contribution in [2.75, 3.05) is 20.2 Å². The van der Waals surface area contributed by atoms with E-state index >= 15 is 0 Å². The Kier molecular flexibility index (Phi) is 3.12. The largest absolute Gasteiger partial charge is 0.514 e.